The molecule has 0 aliphatic carbocycles. The Kier molecular flexibility index (Phi) is 4.35. The van der Waals surface area contributed by atoms with Crippen LogP contribution in [0.2, 0.25) is 0 Å². The molecule has 0 saturated carbocycles. The fraction of sp³-hybridized carbons (Fsp3) is 0.571. The van der Waals surface area contributed by atoms with E-state index in [9.17, 15) is 9.18 Å². The molecule has 1 fully saturated rings. The van der Waals surface area contributed by atoms with Gasteiger partial charge in [-0.3, -0.25) is 4.79 Å². The molecule has 1 unspecified atom stereocenters. The van der Waals surface area contributed by atoms with E-state index >= 15 is 0 Å². The van der Waals surface area contributed by atoms with Crippen LogP contribution in [0.25, 0.3) is 0 Å². The second-order valence-corrected chi connectivity index (χ2v) is 4.94. The molecule has 1 amide bonds. The Balaban J connectivity index is 2.19. The second-order valence-electron chi connectivity index (χ2n) is 4.94. The number of pyridine rings is 1. The maximum atomic E-state index is 14.1. The maximum absolute atomic E-state index is 14.1. The van der Waals surface area contributed by atoms with Crippen molar-refractivity contribution in [2.45, 2.75) is 26.2 Å². The molecule has 19 heavy (non-hydrogen) atoms. The zero-order valence-electron chi connectivity index (χ0n) is 11.4. The number of anilines is 1. The Morgan fingerprint density at radius 2 is 2.42 bits per heavy atom. The smallest absolute Gasteiger partial charge is 0.257 e. The van der Waals surface area contributed by atoms with Gasteiger partial charge in [0.05, 0.1) is 5.56 Å². The summed E-state index contributed by atoms with van der Waals surface area (Å²) in [5, 5.41) is 2.66. The van der Waals surface area contributed by atoms with E-state index in [4.69, 9.17) is 0 Å². The Morgan fingerprint density at radius 1 is 1.63 bits per heavy atom. The first-order valence-electron chi connectivity index (χ1n) is 6.78. The number of halogens is 1. The van der Waals surface area contributed by atoms with Gasteiger partial charge in [-0.15, -0.1) is 0 Å². The number of carbonyl (C=O) groups excluding carboxylic acids is 1. The van der Waals surface area contributed by atoms with E-state index in [1.165, 1.54) is 12.3 Å². The molecule has 1 aromatic heterocycles. The highest BCUT2D eigenvalue weighted by atomic mass is 19.1. The van der Waals surface area contributed by atoms with Crippen LogP contribution in [0.15, 0.2) is 12.3 Å². The van der Waals surface area contributed by atoms with E-state index in [0.29, 0.717) is 12.5 Å². The lowest BCUT2D eigenvalue weighted by Crippen LogP contribution is -2.40. The summed E-state index contributed by atoms with van der Waals surface area (Å²) in [4.78, 5) is 18.0. The Hall–Kier alpha value is -1.65. The molecule has 2 heterocycles. The van der Waals surface area contributed by atoms with Crippen LogP contribution in [0.5, 0.6) is 0 Å². The van der Waals surface area contributed by atoms with E-state index in [0.717, 1.165) is 25.8 Å². The summed E-state index contributed by atoms with van der Waals surface area (Å²) in [5.41, 5.74) is 0.108. The SMILES string of the molecule is CCC1CCCN(C(=O)c2ccnc(NC)c2F)C1. The molecule has 104 valence electrons. The lowest BCUT2D eigenvalue weighted by atomic mass is 9.95. The molecule has 1 atom stereocenters. The number of rotatable bonds is 3. The normalized spacial score (nSPS) is 19.3. The van der Waals surface area contributed by atoms with Crippen molar-refractivity contribution in [2.24, 2.45) is 5.92 Å². The monoisotopic (exact) mass is 265 g/mol. The Morgan fingerprint density at radius 3 is 3.11 bits per heavy atom. The van der Waals surface area contributed by atoms with Gasteiger partial charge in [0, 0.05) is 26.3 Å². The quantitative estimate of drug-likeness (QED) is 0.913. The predicted octanol–water partition coefficient (Wildman–Crippen LogP) is 2.52. The van der Waals surface area contributed by atoms with Crippen LogP contribution in [-0.2, 0) is 0 Å². The third kappa shape index (κ3) is 2.85. The van der Waals surface area contributed by atoms with Crippen LogP contribution in [0, 0.1) is 11.7 Å². The van der Waals surface area contributed by atoms with Crippen LogP contribution in [0.3, 0.4) is 0 Å². The number of aromatic nitrogens is 1. The van der Waals surface area contributed by atoms with Gasteiger partial charge in [0.15, 0.2) is 11.6 Å². The van der Waals surface area contributed by atoms with Crippen LogP contribution < -0.4 is 5.32 Å². The fourth-order valence-electron chi connectivity index (χ4n) is 2.54. The minimum Gasteiger partial charge on any atom is -0.371 e. The zero-order valence-corrected chi connectivity index (χ0v) is 11.4. The average molecular weight is 265 g/mol. The zero-order chi connectivity index (χ0) is 13.8. The highest BCUT2D eigenvalue weighted by Gasteiger charge is 2.26. The molecular formula is C14H20FN3O. The minimum absolute atomic E-state index is 0.108. The van der Waals surface area contributed by atoms with Crippen molar-refractivity contribution < 1.29 is 9.18 Å². The van der Waals surface area contributed by atoms with E-state index in [1.54, 1.807) is 11.9 Å². The van der Waals surface area contributed by atoms with Crippen molar-refractivity contribution in [3.63, 3.8) is 0 Å². The van der Waals surface area contributed by atoms with Gasteiger partial charge in [0.25, 0.3) is 5.91 Å². The first kappa shape index (κ1) is 13.8. The van der Waals surface area contributed by atoms with E-state index in [-0.39, 0.29) is 17.3 Å². The first-order valence-corrected chi connectivity index (χ1v) is 6.78. The summed E-state index contributed by atoms with van der Waals surface area (Å²) in [6, 6.07) is 1.45. The molecule has 1 aliphatic rings. The molecule has 1 saturated heterocycles. The average Bonchev–Trinajstić information content (AvgIpc) is 2.47. The Bertz CT molecular complexity index is 464. The number of hydrogen-bond donors (Lipinski definition) is 1. The third-order valence-electron chi connectivity index (χ3n) is 3.74. The molecule has 4 nitrogen and oxygen atoms in total. The first-order chi connectivity index (χ1) is 9.17. The summed E-state index contributed by atoms with van der Waals surface area (Å²) in [6.07, 6.45) is 4.67. The lowest BCUT2D eigenvalue weighted by Gasteiger charge is -2.32. The van der Waals surface area contributed by atoms with Crippen molar-refractivity contribution in [2.75, 3.05) is 25.5 Å². The fourth-order valence-corrected chi connectivity index (χ4v) is 2.54. The summed E-state index contributed by atoms with van der Waals surface area (Å²) in [6.45, 7) is 3.57. The number of hydrogen-bond acceptors (Lipinski definition) is 3. The highest BCUT2D eigenvalue weighted by molar-refractivity contribution is 5.95. The van der Waals surface area contributed by atoms with Crippen LogP contribution in [0.1, 0.15) is 36.5 Å². The molecule has 1 aliphatic heterocycles. The van der Waals surface area contributed by atoms with E-state index in [2.05, 4.69) is 17.2 Å². The van der Waals surface area contributed by atoms with Gasteiger partial charge < -0.3 is 10.2 Å². The number of piperidine rings is 1. The number of carbonyl (C=O) groups is 1. The topological polar surface area (TPSA) is 45.2 Å². The van der Waals surface area contributed by atoms with Crippen molar-refractivity contribution in [1.82, 2.24) is 9.88 Å². The molecule has 1 aromatic rings. The van der Waals surface area contributed by atoms with E-state index < -0.39 is 5.82 Å². The predicted molar refractivity (Wildman–Crippen MR) is 72.7 cm³/mol. The van der Waals surface area contributed by atoms with Crippen LogP contribution in [-0.4, -0.2) is 35.9 Å². The molecule has 0 aromatic carbocycles. The van der Waals surface area contributed by atoms with Gasteiger partial charge in [0.2, 0.25) is 0 Å². The van der Waals surface area contributed by atoms with Crippen LogP contribution in [0.4, 0.5) is 10.2 Å². The van der Waals surface area contributed by atoms with Gasteiger partial charge >= 0.3 is 0 Å². The highest BCUT2D eigenvalue weighted by Crippen LogP contribution is 2.23. The number of nitrogens with zero attached hydrogens (tertiary/aromatic N) is 2. The summed E-state index contributed by atoms with van der Waals surface area (Å²) >= 11 is 0. The molecular weight excluding hydrogens is 245 g/mol. The van der Waals surface area contributed by atoms with Crippen molar-refractivity contribution in [3.8, 4) is 0 Å². The van der Waals surface area contributed by atoms with Gasteiger partial charge in [-0.1, -0.05) is 13.3 Å². The van der Waals surface area contributed by atoms with Gasteiger partial charge in [0.1, 0.15) is 0 Å². The maximum Gasteiger partial charge on any atom is 0.257 e. The third-order valence-corrected chi connectivity index (χ3v) is 3.74. The largest absolute Gasteiger partial charge is 0.371 e. The van der Waals surface area contributed by atoms with Crippen molar-refractivity contribution in [3.05, 3.63) is 23.6 Å². The van der Waals surface area contributed by atoms with Gasteiger partial charge in [-0.05, 0) is 24.8 Å². The number of amides is 1. The molecule has 2 rings (SSSR count). The Labute approximate surface area is 113 Å². The lowest BCUT2D eigenvalue weighted by molar-refractivity contribution is 0.0666. The summed E-state index contributed by atoms with van der Waals surface area (Å²) < 4.78 is 14.1. The van der Waals surface area contributed by atoms with Gasteiger partial charge in [-0.25, -0.2) is 9.37 Å². The summed E-state index contributed by atoms with van der Waals surface area (Å²) in [7, 11) is 1.59. The summed E-state index contributed by atoms with van der Waals surface area (Å²) in [5.74, 6) is -0.135. The standard InChI is InChI=1S/C14H20FN3O/c1-3-10-5-4-8-18(9-10)14(19)11-6-7-17-13(16-2)12(11)15/h6-7,10H,3-5,8-9H2,1-2H3,(H,16,17). The van der Waals surface area contributed by atoms with Crippen molar-refractivity contribution >= 4 is 11.7 Å². The molecule has 1 N–H and O–H groups in total. The molecule has 0 bridgehead atoms. The molecule has 0 spiro atoms. The molecule has 0 radical (unpaired) electrons. The number of nitrogens with one attached hydrogen (secondary N) is 1. The van der Waals surface area contributed by atoms with E-state index in [1.807, 2.05) is 0 Å². The van der Waals surface area contributed by atoms with Crippen LogP contribution >= 0.6 is 0 Å². The van der Waals surface area contributed by atoms with Gasteiger partial charge in [-0.2, -0.15) is 0 Å². The number of likely N-dealkylation sites (tertiary alicyclic amines) is 1. The minimum atomic E-state index is -0.561. The van der Waals surface area contributed by atoms with Crippen molar-refractivity contribution in [1.29, 1.82) is 0 Å². The second kappa shape index (κ2) is 5.99. The molecule has 5 heteroatoms.